The lowest BCUT2D eigenvalue weighted by Gasteiger charge is -2.18. The third kappa shape index (κ3) is 28.3. The number of nitrogens with one attached hydrogen (secondary N) is 1. The molecule has 0 radical (unpaired) electrons. The summed E-state index contributed by atoms with van der Waals surface area (Å²) in [5.74, 6) is -0.495. The van der Waals surface area contributed by atoms with E-state index in [1.165, 1.54) is 13.8 Å². The van der Waals surface area contributed by atoms with Gasteiger partial charge in [-0.05, 0) is 81.1 Å². The molecule has 0 bridgehead atoms. The third-order valence-electron chi connectivity index (χ3n) is 3.21. The van der Waals surface area contributed by atoms with Crippen LogP contribution >= 0.6 is 11.6 Å². The van der Waals surface area contributed by atoms with Gasteiger partial charge in [-0.25, -0.2) is 0 Å². The summed E-state index contributed by atoms with van der Waals surface area (Å²) in [6.07, 6.45) is 2.97. The fraction of sp³-hybridized carbons (Fsp3) is 0.864. The largest absolute Gasteiger partial charge is 0.466 e. The molecule has 0 aromatic carbocycles. The van der Waals surface area contributed by atoms with E-state index in [4.69, 9.17) is 21.1 Å². The molecular formula is C22H43ClN4O4. The first-order chi connectivity index (χ1) is 13.9. The molecule has 0 fully saturated rings. The second-order valence-electron chi connectivity index (χ2n) is 9.61. The molecule has 0 aliphatic carbocycles. The van der Waals surface area contributed by atoms with E-state index < -0.39 is 5.00 Å². The van der Waals surface area contributed by atoms with E-state index in [2.05, 4.69) is 41.5 Å². The van der Waals surface area contributed by atoms with E-state index in [-0.39, 0.29) is 23.0 Å². The number of esters is 2. The van der Waals surface area contributed by atoms with Crippen LogP contribution in [0.15, 0.2) is 15.3 Å². The van der Waals surface area contributed by atoms with Crippen molar-refractivity contribution < 1.29 is 19.1 Å². The van der Waals surface area contributed by atoms with Crippen LogP contribution in [0, 0.1) is 0 Å². The highest BCUT2D eigenvalue weighted by Crippen LogP contribution is 2.25. The second kappa shape index (κ2) is 15.2. The van der Waals surface area contributed by atoms with Crippen LogP contribution < -0.4 is 5.43 Å². The van der Waals surface area contributed by atoms with Crippen LogP contribution in [-0.2, 0) is 19.1 Å². The number of carbonyl (C=O) groups is 2. The third-order valence-corrected chi connectivity index (χ3v) is 3.48. The van der Waals surface area contributed by atoms with Gasteiger partial charge in [0.1, 0.15) is 0 Å². The Morgan fingerprint density at radius 1 is 0.839 bits per heavy atom. The molecule has 0 rings (SSSR count). The molecule has 8 nitrogen and oxygen atoms in total. The van der Waals surface area contributed by atoms with Gasteiger partial charge in [-0.15, -0.1) is 0 Å². The van der Waals surface area contributed by atoms with E-state index >= 15 is 0 Å². The van der Waals surface area contributed by atoms with Gasteiger partial charge in [-0.1, -0.05) is 11.6 Å². The Labute approximate surface area is 193 Å². The molecule has 0 amide bonds. The molecule has 182 valence electrons. The maximum absolute atomic E-state index is 10.5. The molecule has 0 heterocycles. The molecule has 0 aromatic rings. The van der Waals surface area contributed by atoms with E-state index in [1.54, 1.807) is 6.92 Å². The number of hydrogen-bond donors (Lipinski definition) is 1. The number of halogens is 1. The lowest BCUT2D eigenvalue weighted by molar-refractivity contribution is -0.142. The number of nitrogens with zero attached hydrogens (tertiary/aromatic N) is 3. The van der Waals surface area contributed by atoms with E-state index in [0.29, 0.717) is 26.1 Å². The summed E-state index contributed by atoms with van der Waals surface area (Å²) in [5, 5.41) is 12.5. The van der Waals surface area contributed by atoms with E-state index in [9.17, 15) is 9.59 Å². The van der Waals surface area contributed by atoms with Crippen molar-refractivity contribution in [1.82, 2.24) is 5.43 Å². The predicted octanol–water partition coefficient (Wildman–Crippen LogP) is 5.63. The summed E-state index contributed by atoms with van der Waals surface area (Å²) in [4.78, 5) is 20.3. The average molecular weight is 463 g/mol. The van der Waals surface area contributed by atoms with E-state index in [0.717, 1.165) is 18.6 Å². The first kappa shape index (κ1) is 31.5. The van der Waals surface area contributed by atoms with Crippen LogP contribution in [0.5, 0.6) is 0 Å². The molecule has 0 saturated heterocycles. The molecule has 1 unspecified atom stereocenters. The van der Waals surface area contributed by atoms with Crippen molar-refractivity contribution in [2.24, 2.45) is 15.3 Å². The minimum absolute atomic E-state index is 0.00283. The number of azo groups is 1. The van der Waals surface area contributed by atoms with Gasteiger partial charge in [0.2, 0.25) is 0 Å². The van der Waals surface area contributed by atoms with Crippen LogP contribution in [-0.4, -0.2) is 46.9 Å². The number of hydrazone groups is 1. The molecular weight excluding hydrogens is 420 g/mol. The standard InChI is InChI=1S/C11H21ClN2O2.C11H22N2O2/c1-9(15)16-8-6-7-11(5,12)14-13-10(2,3)4;1-9(12-13-11(3,4)5)7-6-8-15-10(2)14/h6-8H2,1-5H3;13H,6-8H2,1-5H3/b;12-9+. The Morgan fingerprint density at radius 2 is 1.32 bits per heavy atom. The van der Waals surface area contributed by atoms with Gasteiger partial charge in [-0.3, -0.25) is 9.59 Å². The summed E-state index contributed by atoms with van der Waals surface area (Å²) in [6.45, 7) is 19.5. The molecule has 9 heteroatoms. The smallest absolute Gasteiger partial charge is 0.302 e. The van der Waals surface area contributed by atoms with E-state index in [1.807, 2.05) is 27.7 Å². The van der Waals surface area contributed by atoms with Crippen molar-refractivity contribution in [3.05, 3.63) is 0 Å². The molecule has 0 aromatic heterocycles. The fourth-order valence-electron chi connectivity index (χ4n) is 1.78. The highest BCUT2D eigenvalue weighted by molar-refractivity contribution is 6.23. The SMILES string of the molecule is CC(=O)OCCC/C(C)=N/NC(C)(C)C.CC(=O)OCCCC(C)(Cl)N=NC(C)(C)C. The molecule has 0 aliphatic rings. The number of alkyl halides is 1. The van der Waals surface area contributed by atoms with Crippen molar-refractivity contribution in [1.29, 1.82) is 0 Å². The average Bonchev–Trinajstić information content (AvgIpc) is 2.58. The van der Waals surface area contributed by atoms with Gasteiger partial charge in [0.05, 0.1) is 18.8 Å². The minimum atomic E-state index is -0.715. The maximum Gasteiger partial charge on any atom is 0.302 e. The topological polar surface area (TPSA) is 102 Å². The Bertz CT molecular complexity index is 591. The first-order valence-corrected chi connectivity index (χ1v) is 11.0. The summed E-state index contributed by atoms with van der Waals surface area (Å²) >= 11 is 6.16. The molecule has 0 saturated carbocycles. The Kier molecular flexibility index (Phi) is 15.4. The van der Waals surface area contributed by atoms with Crippen LogP contribution in [0.2, 0.25) is 0 Å². The predicted molar refractivity (Wildman–Crippen MR) is 127 cm³/mol. The monoisotopic (exact) mass is 462 g/mol. The molecule has 1 atom stereocenters. The highest BCUT2D eigenvalue weighted by Gasteiger charge is 2.21. The Hall–Kier alpha value is -1.70. The quantitative estimate of drug-likeness (QED) is 0.0861. The van der Waals surface area contributed by atoms with Crippen LogP contribution in [0.4, 0.5) is 0 Å². The molecule has 0 spiro atoms. The van der Waals surface area contributed by atoms with Crippen molar-refractivity contribution in [2.75, 3.05) is 13.2 Å². The van der Waals surface area contributed by atoms with Crippen LogP contribution in [0.3, 0.4) is 0 Å². The molecule has 0 aliphatic heterocycles. The molecule has 31 heavy (non-hydrogen) atoms. The van der Waals surface area contributed by atoms with Crippen molar-refractivity contribution in [2.45, 2.75) is 111 Å². The Balaban J connectivity index is 0. The maximum atomic E-state index is 10.5. The zero-order valence-electron chi connectivity index (χ0n) is 21.1. The highest BCUT2D eigenvalue weighted by atomic mass is 35.5. The zero-order valence-corrected chi connectivity index (χ0v) is 21.9. The Morgan fingerprint density at radius 3 is 1.74 bits per heavy atom. The summed E-state index contributed by atoms with van der Waals surface area (Å²) in [5.41, 5.74) is 3.86. The second-order valence-corrected chi connectivity index (χ2v) is 10.4. The van der Waals surface area contributed by atoms with Gasteiger partial charge >= 0.3 is 11.9 Å². The number of carbonyl (C=O) groups excluding carboxylic acids is 2. The number of ether oxygens (including phenoxy) is 2. The summed E-state index contributed by atoms with van der Waals surface area (Å²) in [6, 6.07) is 0. The number of hydrogen-bond acceptors (Lipinski definition) is 8. The first-order valence-electron chi connectivity index (χ1n) is 10.6. The lowest BCUT2D eigenvalue weighted by Crippen LogP contribution is -2.32. The summed E-state index contributed by atoms with van der Waals surface area (Å²) in [7, 11) is 0. The van der Waals surface area contributed by atoms with Gasteiger partial charge in [0.15, 0.2) is 5.00 Å². The van der Waals surface area contributed by atoms with Crippen molar-refractivity contribution in [3.8, 4) is 0 Å². The fourth-order valence-corrected chi connectivity index (χ4v) is 1.95. The van der Waals surface area contributed by atoms with Crippen molar-refractivity contribution in [3.63, 3.8) is 0 Å². The zero-order chi connectivity index (χ0) is 24.7. The lowest BCUT2D eigenvalue weighted by atomic mass is 10.1. The van der Waals surface area contributed by atoms with Gasteiger partial charge in [-0.2, -0.15) is 15.3 Å². The van der Waals surface area contributed by atoms with Gasteiger partial charge in [0.25, 0.3) is 0 Å². The minimum Gasteiger partial charge on any atom is -0.466 e. The van der Waals surface area contributed by atoms with Crippen LogP contribution in [0.1, 0.15) is 94.9 Å². The van der Waals surface area contributed by atoms with Crippen LogP contribution in [0.25, 0.3) is 0 Å². The van der Waals surface area contributed by atoms with Crippen molar-refractivity contribution >= 4 is 29.3 Å². The normalized spacial score (nSPS) is 14.4. The number of rotatable bonds is 10. The molecule has 1 N–H and O–H groups in total. The van der Waals surface area contributed by atoms with Gasteiger partial charge < -0.3 is 14.9 Å². The summed E-state index contributed by atoms with van der Waals surface area (Å²) < 4.78 is 9.64. The van der Waals surface area contributed by atoms with Gasteiger partial charge in [0, 0.05) is 25.1 Å².